The largest absolute Gasteiger partial charge is 0.342 e. The van der Waals surface area contributed by atoms with E-state index in [9.17, 15) is 4.79 Å². The second-order valence-corrected chi connectivity index (χ2v) is 8.43. The molecule has 1 fully saturated rings. The Bertz CT molecular complexity index is 1250. The summed E-state index contributed by atoms with van der Waals surface area (Å²) >= 11 is 0. The molecule has 2 aromatic heterocycles. The highest BCUT2D eigenvalue weighted by Crippen LogP contribution is 2.27. The number of aromatic nitrogens is 4. The number of benzene rings is 2. The van der Waals surface area contributed by atoms with Gasteiger partial charge in [0.2, 0.25) is 5.91 Å². The molecule has 32 heavy (non-hydrogen) atoms. The van der Waals surface area contributed by atoms with Crippen molar-refractivity contribution >= 4 is 23.0 Å². The molecule has 162 valence electrons. The Morgan fingerprint density at radius 3 is 2.69 bits per heavy atom. The second-order valence-electron chi connectivity index (χ2n) is 8.43. The highest BCUT2D eigenvalue weighted by molar-refractivity contribution is 5.92. The Morgan fingerprint density at radius 2 is 1.88 bits per heavy atom. The number of H-pyrrole nitrogens is 1. The van der Waals surface area contributed by atoms with Crippen molar-refractivity contribution in [1.82, 2.24) is 24.6 Å². The zero-order valence-electron chi connectivity index (χ0n) is 18.5. The molecule has 3 heterocycles. The van der Waals surface area contributed by atoms with Gasteiger partial charge >= 0.3 is 0 Å². The van der Waals surface area contributed by atoms with Crippen LogP contribution in [0.15, 0.2) is 60.7 Å². The predicted octanol–water partition coefficient (Wildman–Crippen LogP) is 4.78. The zero-order valence-corrected chi connectivity index (χ0v) is 18.5. The van der Waals surface area contributed by atoms with Crippen LogP contribution in [-0.2, 0) is 4.79 Å². The number of carbonyl (C=O) groups excluding carboxylic acids is 1. The van der Waals surface area contributed by atoms with Crippen LogP contribution in [0.3, 0.4) is 0 Å². The molecule has 0 saturated carbocycles. The van der Waals surface area contributed by atoms with Gasteiger partial charge in [0, 0.05) is 36.3 Å². The van der Waals surface area contributed by atoms with E-state index >= 15 is 0 Å². The van der Waals surface area contributed by atoms with E-state index in [1.807, 2.05) is 84.1 Å². The fourth-order valence-electron chi connectivity index (χ4n) is 4.54. The lowest BCUT2D eigenvalue weighted by Crippen LogP contribution is -2.38. The molecular formula is C26H27N5O. The molecule has 0 bridgehead atoms. The number of aryl methyl sites for hydroxylation is 1. The Labute approximate surface area is 187 Å². The van der Waals surface area contributed by atoms with E-state index in [1.165, 1.54) is 0 Å². The van der Waals surface area contributed by atoms with Crippen LogP contribution >= 0.6 is 0 Å². The number of aromatic amines is 1. The number of likely N-dealkylation sites (tertiary alicyclic amines) is 1. The standard InChI is InChI=1S/C26H27N5O/c1-18-22(19(2)31(29-18)21-10-4-3-5-11-21)14-15-25(32)30-16-8-9-20(17-30)26-27-23-12-6-7-13-24(23)28-26/h3-7,10-15,20H,8-9,16-17H2,1-2H3,(H,27,28)/b15-14+. The van der Waals surface area contributed by atoms with Gasteiger partial charge in [0.1, 0.15) is 5.82 Å². The van der Waals surface area contributed by atoms with Crippen LogP contribution in [0.25, 0.3) is 22.8 Å². The van der Waals surface area contributed by atoms with E-state index in [2.05, 4.69) is 10.1 Å². The maximum Gasteiger partial charge on any atom is 0.246 e. The fourth-order valence-corrected chi connectivity index (χ4v) is 4.54. The summed E-state index contributed by atoms with van der Waals surface area (Å²) in [4.78, 5) is 23.1. The molecule has 1 N–H and O–H groups in total. The first-order valence-electron chi connectivity index (χ1n) is 11.1. The van der Waals surface area contributed by atoms with Gasteiger partial charge in [0.15, 0.2) is 0 Å². The summed E-state index contributed by atoms with van der Waals surface area (Å²) in [5.41, 5.74) is 5.97. The first-order chi connectivity index (χ1) is 15.6. The van der Waals surface area contributed by atoms with E-state index in [4.69, 9.17) is 4.98 Å². The number of imidazole rings is 1. The van der Waals surface area contributed by atoms with Crippen LogP contribution < -0.4 is 0 Å². The highest BCUT2D eigenvalue weighted by atomic mass is 16.2. The van der Waals surface area contributed by atoms with E-state index in [-0.39, 0.29) is 11.8 Å². The molecule has 1 amide bonds. The minimum Gasteiger partial charge on any atom is -0.342 e. The lowest BCUT2D eigenvalue weighted by atomic mass is 9.97. The molecule has 1 aliphatic heterocycles. The molecule has 0 radical (unpaired) electrons. The number of hydrogen-bond donors (Lipinski definition) is 1. The van der Waals surface area contributed by atoms with Gasteiger partial charge in [-0.1, -0.05) is 30.3 Å². The summed E-state index contributed by atoms with van der Waals surface area (Å²) in [6, 6.07) is 18.1. The monoisotopic (exact) mass is 425 g/mol. The molecule has 6 nitrogen and oxygen atoms in total. The number of nitrogens with zero attached hydrogens (tertiary/aromatic N) is 4. The van der Waals surface area contributed by atoms with Crippen LogP contribution in [0.2, 0.25) is 0 Å². The first-order valence-corrected chi connectivity index (χ1v) is 11.1. The average molecular weight is 426 g/mol. The third kappa shape index (κ3) is 3.84. The molecule has 0 spiro atoms. The SMILES string of the molecule is Cc1nn(-c2ccccc2)c(C)c1/C=C/C(=O)N1CCCC(c2nc3ccccc3[nH]2)C1. The van der Waals surface area contributed by atoms with E-state index in [1.54, 1.807) is 6.08 Å². The van der Waals surface area contributed by atoms with Crippen molar-refractivity contribution < 1.29 is 4.79 Å². The molecule has 6 heteroatoms. The van der Waals surface area contributed by atoms with Crippen LogP contribution in [-0.4, -0.2) is 43.6 Å². The highest BCUT2D eigenvalue weighted by Gasteiger charge is 2.26. The molecule has 1 aliphatic rings. The minimum atomic E-state index is 0.0390. The first kappa shape index (κ1) is 20.2. The van der Waals surface area contributed by atoms with Crippen molar-refractivity contribution in [2.45, 2.75) is 32.6 Å². The predicted molar refractivity (Wildman–Crippen MR) is 127 cm³/mol. The van der Waals surface area contributed by atoms with Gasteiger partial charge in [-0.15, -0.1) is 0 Å². The van der Waals surface area contributed by atoms with Gasteiger partial charge in [-0.3, -0.25) is 4.79 Å². The number of amides is 1. The lowest BCUT2D eigenvalue weighted by Gasteiger charge is -2.31. The Morgan fingerprint density at radius 1 is 1.09 bits per heavy atom. The van der Waals surface area contributed by atoms with E-state index in [0.717, 1.165) is 58.9 Å². The number of piperidine rings is 1. The number of nitrogens with one attached hydrogen (secondary N) is 1. The van der Waals surface area contributed by atoms with Gasteiger partial charge in [-0.2, -0.15) is 5.10 Å². The molecule has 1 atom stereocenters. The third-order valence-corrected chi connectivity index (χ3v) is 6.27. The number of rotatable bonds is 4. The summed E-state index contributed by atoms with van der Waals surface area (Å²) in [6.07, 6.45) is 5.61. The van der Waals surface area contributed by atoms with Gasteiger partial charge in [0.05, 0.1) is 22.4 Å². The number of para-hydroxylation sites is 3. The molecular weight excluding hydrogens is 398 g/mol. The van der Waals surface area contributed by atoms with E-state index in [0.29, 0.717) is 6.54 Å². The molecule has 5 rings (SSSR count). The fraction of sp³-hybridized carbons (Fsp3) is 0.269. The number of hydrogen-bond acceptors (Lipinski definition) is 3. The Kier molecular flexibility index (Phi) is 5.35. The van der Waals surface area contributed by atoms with E-state index < -0.39 is 0 Å². The molecule has 1 saturated heterocycles. The summed E-state index contributed by atoms with van der Waals surface area (Å²) in [5.74, 6) is 1.25. The van der Waals surface area contributed by atoms with Gasteiger partial charge in [-0.25, -0.2) is 9.67 Å². The summed E-state index contributed by atoms with van der Waals surface area (Å²) in [7, 11) is 0. The lowest BCUT2D eigenvalue weighted by molar-refractivity contribution is -0.127. The van der Waals surface area contributed by atoms with Crippen molar-refractivity contribution in [3.63, 3.8) is 0 Å². The van der Waals surface area contributed by atoms with Crippen molar-refractivity contribution in [2.75, 3.05) is 13.1 Å². The van der Waals surface area contributed by atoms with Crippen LogP contribution in [0.4, 0.5) is 0 Å². The second kappa shape index (κ2) is 8.46. The normalized spacial score (nSPS) is 16.8. The summed E-state index contributed by atoms with van der Waals surface area (Å²) in [5, 5.41) is 4.67. The summed E-state index contributed by atoms with van der Waals surface area (Å²) in [6.45, 7) is 5.48. The Hall–Kier alpha value is -3.67. The molecule has 2 aromatic carbocycles. The van der Waals surface area contributed by atoms with Crippen LogP contribution in [0.1, 0.15) is 41.5 Å². The zero-order chi connectivity index (χ0) is 22.1. The molecule has 0 aliphatic carbocycles. The maximum atomic E-state index is 13.0. The number of fused-ring (bicyclic) bond motifs is 1. The van der Waals surface area contributed by atoms with Crippen LogP contribution in [0.5, 0.6) is 0 Å². The average Bonchev–Trinajstić information content (AvgIpc) is 3.39. The van der Waals surface area contributed by atoms with Crippen molar-refractivity contribution in [3.05, 3.63) is 83.4 Å². The third-order valence-electron chi connectivity index (χ3n) is 6.27. The maximum absolute atomic E-state index is 13.0. The van der Waals surface area contributed by atoms with Gasteiger partial charge in [0.25, 0.3) is 0 Å². The molecule has 1 unspecified atom stereocenters. The van der Waals surface area contributed by atoms with Crippen molar-refractivity contribution in [2.24, 2.45) is 0 Å². The quantitative estimate of drug-likeness (QED) is 0.478. The molecule has 4 aromatic rings. The Balaban J connectivity index is 1.32. The summed E-state index contributed by atoms with van der Waals surface area (Å²) < 4.78 is 1.93. The van der Waals surface area contributed by atoms with Gasteiger partial charge in [-0.05, 0) is 57.0 Å². The smallest absolute Gasteiger partial charge is 0.246 e. The minimum absolute atomic E-state index is 0.0390. The number of carbonyl (C=O) groups is 1. The topological polar surface area (TPSA) is 66.8 Å². The van der Waals surface area contributed by atoms with Crippen LogP contribution in [0, 0.1) is 13.8 Å². The van der Waals surface area contributed by atoms with Crippen molar-refractivity contribution in [1.29, 1.82) is 0 Å². The van der Waals surface area contributed by atoms with Gasteiger partial charge < -0.3 is 9.88 Å². The van der Waals surface area contributed by atoms with Crippen molar-refractivity contribution in [3.8, 4) is 5.69 Å².